The third-order valence-electron chi connectivity index (χ3n) is 9.28. The maximum atomic E-state index is 13.1. The normalized spacial score (nSPS) is 10.5. The van der Waals surface area contributed by atoms with Gasteiger partial charge >= 0.3 is 0 Å². The summed E-state index contributed by atoms with van der Waals surface area (Å²) in [5, 5.41) is 11.2. The maximum Gasteiger partial charge on any atom is 0.298 e. The van der Waals surface area contributed by atoms with E-state index in [2.05, 4.69) is 52.0 Å². The topological polar surface area (TPSA) is 228 Å². The number of hydrogen-bond acceptors (Lipinski definition) is 12. The molecule has 0 spiro atoms. The summed E-state index contributed by atoms with van der Waals surface area (Å²) in [6.45, 7) is 17.2. The number of nitrogens with zero attached hydrogens (tertiary/aromatic N) is 2. The fourth-order valence-electron chi connectivity index (χ4n) is 5.77. The lowest BCUT2D eigenvalue weighted by Gasteiger charge is -2.21. The first-order valence-corrected chi connectivity index (χ1v) is 23.5. The Morgan fingerprint density at radius 1 is 0.710 bits per heavy atom. The van der Waals surface area contributed by atoms with Gasteiger partial charge in [-0.05, 0) is 117 Å². The molecule has 382 valence electrons. The molecular weight excluding hydrogens is 926 g/mol. The molecule has 17 nitrogen and oxygen atoms in total. The number of carbonyl (C=O) groups is 5. The van der Waals surface area contributed by atoms with Crippen molar-refractivity contribution in [3.63, 3.8) is 0 Å². The van der Waals surface area contributed by atoms with Crippen molar-refractivity contribution in [1.82, 2.24) is 30.5 Å². The number of amides is 4. The van der Waals surface area contributed by atoms with Crippen LogP contribution < -0.4 is 36.5 Å². The van der Waals surface area contributed by atoms with Crippen molar-refractivity contribution < 1.29 is 46.6 Å². The Morgan fingerprint density at radius 3 is 1.58 bits per heavy atom. The van der Waals surface area contributed by atoms with Crippen LogP contribution >= 0.6 is 12.4 Å². The number of hydrogen-bond donors (Lipinski definition) is 5. The summed E-state index contributed by atoms with van der Waals surface area (Å²) in [7, 11) is 4.21. The molecule has 0 unspecified atom stereocenters. The monoisotopic (exact) mass is 999 g/mol. The molecule has 4 aromatic carbocycles. The lowest BCUT2D eigenvalue weighted by Crippen LogP contribution is -2.33. The van der Waals surface area contributed by atoms with Crippen LogP contribution in [0.25, 0.3) is 0 Å². The minimum Gasteiger partial charge on any atom is -0.497 e. The number of nitrogens with one attached hydrogen (secondary N) is 4. The Kier molecular flexibility index (Phi) is 30.0. The fourth-order valence-corrected chi connectivity index (χ4v) is 7.33. The lowest BCUT2D eigenvalue weighted by atomic mass is 10.1. The van der Waals surface area contributed by atoms with E-state index in [4.69, 9.17) is 15.2 Å². The van der Waals surface area contributed by atoms with Gasteiger partial charge in [-0.3, -0.25) is 24.0 Å². The lowest BCUT2D eigenvalue weighted by molar-refractivity contribution is -0.135. The van der Waals surface area contributed by atoms with Gasteiger partial charge in [-0.1, -0.05) is 52.0 Å². The van der Waals surface area contributed by atoms with Gasteiger partial charge in [0, 0.05) is 76.6 Å². The van der Waals surface area contributed by atoms with Gasteiger partial charge in [0.2, 0.25) is 15.9 Å². The molecule has 0 aromatic heterocycles. The molecule has 0 atom stereocenters. The van der Waals surface area contributed by atoms with Crippen LogP contribution in [-0.2, 0) is 37.4 Å². The Balaban J connectivity index is 0.00000111. The van der Waals surface area contributed by atoms with Crippen LogP contribution in [0.1, 0.15) is 94.9 Å². The highest BCUT2D eigenvalue weighted by molar-refractivity contribution is 7.89. The van der Waals surface area contributed by atoms with E-state index in [1.807, 2.05) is 39.8 Å². The standard InChI is InChI=1S/C26H39N3O5S.C12H16N2O2.C9H9NO3.C3H9N.ClH/c1-19(2)27-16-22-8-10-23(11-9-22)17-28(5)25(30)18-34-13-12-29(6)35(31,32)26-20(3)14-24(33-7)15-21(26)4;1-8(2)14-12(16)10-6-4-9(5-7-10)11(15)13-3;1-10-9(12)7-2-4-8(5-3-7)13-6-11;1-3(2)4;/h8-11,14-15,19,27H,12-13,16-18H2,1-7H3;4-8H,1-3H3,(H,13,15)(H,14,16);2-6H,1H3,(H,10,12);3H,4H2,1-2H3;1H. The summed E-state index contributed by atoms with van der Waals surface area (Å²) in [5.41, 5.74) is 10.2. The molecule has 4 amide bonds. The summed E-state index contributed by atoms with van der Waals surface area (Å²) in [4.78, 5) is 58.2. The Morgan fingerprint density at radius 2 is 1.16 bits per heavy atom. The molecule has 4 rings (SSSR count). The molecule has 0 heterocycles. The fraction of sp³-hybridized carbons (Fsp3) is 0.420. The van der Waals surface area contributed by atoms with Crippen LogP contribution in [0.3, 0.4) is 0 Å². The first-order valence-electron chi connectivity index (χ1n) is 22.1. The van der Waals surface area contributed by atoms with Crippen molar-refractivity contribution in [2.75, 3.05) is 55.1 Å². The van der Waals surface area contributed by atoms with Gasteiger partial charge in [0.15, 0.2) is 0 Å². The minimum absolute atomic E-state index is 0. The van der Waals surface area contributed by atoms with E-state index < -0.39 is 10.0 Å². The number of halogens is 1. The number of rotatable bonds is 19. The zero-order valence-corrected chi connectivity index (χ0v) is 43.9. The second kappa shape index (κ2) is 32.8. The summed E-state index contributed by atoms with van der Waals surface area (Å²) >= 11 is 0. The van der Waals surface area contributed by atoms with E-state index in [1.54, 1.807) is 108 Å². The number of likely N-dealkylation sites (N-methyl/N-ethyl adjacent to an activating group) is 2. The third kappa shape index (κ3) is 23.8. The van der Waals surface area contributed by atoms with Gasteiger partial charge in [-0.2, -0.15) is 4.31 Å². The second-order valence-corrected chi connectivity index (χ2v) is 18.4. The van der Waals surface area contributed by atoms with E-state index in [0.29, 0.717) is 64.4 Å². The molecule has 69 heavy (non-hydrogen) atoms. The van der Waals surface area contributed by atoms with Crippen molar-refractivity contribution in [2.45, 2.75) is 91.5 Å². The van der Waals surface area contributed by atoms with Crippen molar-refractivity contribution in [3.05, 3.63) is 124 Å². The number of benzene rings is 4. The van der Waals surface area contributed by atoms with Crippen LogP contribution in [0, 0.1) is 13.8 Å². The van der Waals surface area contributed by atoms with Crippen molar-refractivity contribution in [2.24, 2.45) is 5.73 Å². The minimum atomic E-state index is -3.70. The zero-order chi connectivity index (χ0) is 51.6. The van der Waals surface area contributed by atoms with Gasteiger partial charge in [-0.25, -0.2) is 8.42 Å². The second-order valence-electron chi connectivity index (χ2n) is 16.4. The van der Waals surface area contributed by atoms with Crippen LogP contribution in [-0.4, -0.2) is 121 Å². The van der Waals surface area contributed by atoms with E-state index in [9.17, 15) is 32.4 Å². The number of nitrogens with two attached hydrogens (primary N) is 1. The number of sulfonamides is 1. The van der Waals surface area contributed by atoms with Crippen LogP contribution in [0.15, 0.2) is 89.8 Å². The molecule has 0 saturated carbocycles. The summed E-state index contributed by atoms with van der Waals surface area (Å²) < 4.78 is 42.7. The Bertz CT molecular complexity index is 2270. The Labute approximate surface area is 415 Å². The first kappa shape index (κ1) is 63.1. The van der Waals surface area contributed by atoms with Gasteiger partial charge < -0.3 is 46.1 Å². The highest BCUT2D eigenvalue weighted by Gasteiger charge is 2.25. The van der Waals surface area contributed by atoms with Crippen molar-refractivity contribution >= 4 is 52.5 Å². The van der Waals surface area contributed by atoms with Crippen LogP contribution in [0.4, 0.5) is 0 Å². The number of methoxy groups -OCH3 is 1. The largest absolute Gasteiger partial charge is 0.497 e. The van der Waals surface area contributed by atoms with Gasteiger partial charge in [0.25, 0.3) is 24.2 Å². The number of ether oxygens (including phenoxy) is 3. The predicted octanol–water partition coefficient (Wildman–Crippen LogP) is 5.65. The highest BCUT2D eigenvalue weighted by Crippen LogP contribution is 2.27. The van der Waals surface area contributed by atoms with E-state index >= 15 is 0 Å². The SMILES string of the molecule is CC(C)N.CNC(=O)c1ccc(C(=O)NC(C)C)cc1.CNC(=O)c1ccc(OC=O)cc1.COc1cc(C)c(S(=O)(=O)N(C)CCOCC(=O)N(C)Cc2ccc(CNC(C)C)cc2)c(C)c1.Cl. The summed E-state index contributed by atoms with van der Waals surface area (Å²) in [6, 6.07) is 25.2. The van der Waals surface area contributed by atoms with E-state index in [1.165, 1.54) is 16.9 Å². The zero-order valence-electron chi connectivity index (χ0n) is 42.3. The Hall–Kier alpha value is -5.89. The van der Waals surface area contributed by atoms with Crippen molar-refractivity contribution in [1.29, 1.82) is 0 Å². The molecule has 0 aliphatic heterocycles. The molecule has 0 radical (unpaired) electrons. The summed E-state index contributed by atoms with van der Waals surface area (Å²) in [5.74, 6) is 0.420. The van der Waals surface area contributed by atoms with Crippen LogP contribution in [0.5, 0.6) is 11.5 Å². The van der Waals surface area contributed by atoms with Crippen molar-refractivity contribution in [3.8, 4) is 11.5 Å². The molecule has 0 saturated heterocycles. The number of aryl methyl sites for hydroxylation is 2. The van der Waals surface area contributed by atoms with E-state index in [-0.39, 0.29) is 66.7 Å². The average molecular weight is 1000 g/mol. The third-order valence-corrected chi connectivity index (χ3v) is 11.4. The highest BCUT2D eigenvalue weighted by atomic mass is 35.5. The molecule has 4 aromatic rings. The molecule has 0 fully saturated rings. The average Bonchev–Trinajstić information content (AvgIpc) is 3.29. The predicted molar refractivity (Wildman–Crippen MR) is 274 cm³/mol. The van der Waals surface area contributed by atoms with Crippen LogP contribution in [0.2, 0.25) is 0 Å². The van der Waals surface area contributed by atoms with Gasteiger partial charge in [0.1, 0.15) is 18.1 Å². The molecule has 19 heteroatoms. The number of carbonyl (C=O) groups excluding carboxylic acids is 5. The van der Waals surface area contributed by atoms with E-state index in [0.717, 1.165) is 12.1 Å². The van der Waals surface area contributed by atoms with Gasteiger partial charge in [-0.15, -0.1) is 12.4 Å². The first-order chi connectivity index (χ1) is 32.0. The molecule has 0 bridgehead atoms. The maximum absolute atomic E-state index is 13.1. The smallest absolute Gasteiger partial charge is 0.298 e. The molecule has 0 aliphatic carbocycles. The molecule has 6 N–H and O–H groups in total. The quantitative estimate of drug-likeness (QED) is 0.0568. The molecule has 0 aliphatic rings. The molecular formula is C50H74ClN7O10S. The van der Waals surface area contributed by atoms with Gasteiger partial charge in [0.05, 0.1) is 18.6 Å². The summed E-state index contributed by atoms with van der Waals surface area (Å²) in [6.07, 6.45) is 0.